The zero-order chi connectivity index (χ0) is 13.8. The number of rotatable bonds is 5. The lowest BCUT2D eigenvalue weighted by Gasteiger charge is -2.29. The van der Waals surface area contributed by atoms with Crippen LogP contribution in [0.3, 0.4) is 0 Å². The molecule has 0 fully saturated rings. The Hall–Kier alpha value is -1.45. The van der Waals surface area contributed by atoms with Gasteiger partial charge in [-0.15, -0.1) is 0 Å². The molecule has 0 radical (unpaired) electrons. The minimum atomic E-state index is 0.223. The standard InChI is InChI=1S/C16H23N3/c1-12(2)11-19(3)16(8-17)15-10-18-9-13-6-4-5-7-14(13)15/h4-7,9-10,12,16H,8,11,17H2,1-3H3. The fourth-order valence-electron chi connectivity index (χ4n) is 2.65. The molecule has 0 aliphatic carbocycles. The van der Waals surface area contributed by atoms with Gasteiger partial charge in [0.15, 0.2) is 0 Å². The van der Waals surface area contributed by atoms with E-state index in [2.05, 4.69) is 49.0 Å². The zero-order valence-electron chi connectivity index (χ0n) is 12.0. The molecule has 19 heavy (non-hydrogen) atoms. The summed E-state index contributed by atoms with van der Waals surface area (Å²) in [5.74, 6) is 0.627. The molecule has 0 bridgehead atoms. The number of nitrogens with zero attached hydrogens (tertiary/aromatic N) is 2. The highest BCUT2D eigenvalue weighted by Crippen LogP contribution is 2.26. The molecular weight excluding hydrogens is 234 g/mol. The molecule has 1 aromatic carbocycles. The number of hydrogen-bond acceptors (Lipinski definition) is 3. The van der Waals surface area contributed by atoms with E-state index in [1.807, 2.05) is 18.5 Å². The predicted octanol–water partition coefficient (Wildman–Crippen LogP) is 2.82. The third kappa shape index (κ3) is 3.11. The van der Waals surface area contributed by atoms with Crippen LogP contribution >= 0.6 is 0 Å². The van der Waals surface area contributed by atoms with Crippen LogP contribution in [-0.4, -0.2) is 30.0 Å². The highest BCUT2D eigenvalue weighted by Gasteiger charge is 2.18. The first-order valence-electron chi connectivity index (χ1n) is 6.86. The second kappa shape index (κ2) is 6.13. The van der Waals surface area contributed by atoms with Crippen LogP contribution in [0.1, 0.15) is 25.5 Å². The lowest BCUT2D eigenvalue weighted by molar-refractivity contribution is 0.224. The van der Waals surface area contributed by atoms with Gasteiger partial charge in [0.05, 0.1) is 0 Å². The third-order valence-corrected chi connectivity index (χ3v) is 3.47. The van der Waals surface area contributed by atoms with Gasteiger partial charge in [-0.3, -0.25) is 9.88 Å². The van der Waals surface area contributed by atoms with Crippen molar-refractivity contribution in [1.82, 2.24) is 9.88 Å². The zero-order valence-corrected chi connectivity index (χ0v) is 12.0. The van der Waals surface area contributed by atoms with Crippen LogP contribution in [0.15, 0.2) is 36.7 Å². The van der Waals surface area contributed by atoms with Crippen LogP contribution in [0.4, 0.5) is 0 Å². The first-order valence-corrected chi connectivity index (χ1v) is 6.86. The minimum Gasteiger partial charge on any atom is -0.329 e. The lowest BCUT2D eigenvalue weighted by Crippen LogP contribution is -2.33. The van der Waals surface area contributed by atoms with Gasteiger partial charge in [0.25, 0.3) is 0 Å². The summed E-state index contributed by atoms with van der Waals surface area (Å²) in [6.45, 7) is 6.10. The van der Waals surface area contributed by atoms with E-state index in [4.69, 9.17) is 5.73 Å². The molecule has 0 aliphatic rings. The average molecular weight is 257 g/mol. The first kappa shape index (κ1) is 14.0. The fraction of sp³-hybridized carbons (Fsp3) is 0.438. The van der Waals surface area contributed by atoms with Crippen LogP contribution in [-0.2, 0) is 0 Å². The van der Waals surface area contributed by atoms with E-state index in [9.17, 15) is 0 Å². The number of fused-ring (bicyclic) bond motifs is 1. The Balaban J connectivity index is 2.40. The molecule has 2 aromatic rings. The number of nitrogens with two attached hydrogens (primary N) is 1. The van der Waals surface area contributed by atoms with E-state index in [1.54, 1.807) is 0 Å². The molecule has 1 aromatic heterocycles. The van der Waals surface area contributed by atoms with E-state index in [1.165, 1.54) is 16.3 Å². The summed E-state index contributed by atoms with van der Waals surface area (Å²) in [7, 11) is 2.14. The maximum Gasteiger partial charge on any atom is 0.0488 e. The Kier molecular flexibility index (Phi) is 4.51. The maximum atomic E-state index is 6.00. The molecule has 102 valence electrons. The van der Waals surface area contributed by atoms with Crippen LogP contribution in [0.5, 0.6) is 0 Å². The van der Waals surface area contributed by atoms with Gasteiger partial charge >= 0.3 is 0 Å². The van der Waals surface area contributed by atoms with Crippen molar-refractivity contribution < 1.29 is 0 Å². The first-order chi connectivity index (χ1) is 9.13. The van der Waals surface area contributed by atoms with Crippen LogP contribution < -0.4 is 5.73 Å². The van der Waals surface area contributed by atoms with Crippen molar-refractivity contribution >= 4 is 10.8 Å². The largest absolute Gasteiger partial charge is 0.329 e. The minimum absolute atomic E-state index is 0.223. The molecule has 3 heteroatoms. The number of pyridine rings is 1. The summed E-state index contributed by atoms with van der Waals surface area (Å²) in [6, 6.07) is 8.59. The Labute approximate surface area is 115 Å². The molecule has 0 aliphatic heterocycles. The predicted molar refractivity (Wildman–Crippen MR) is 81.0 cm³/mol. The smallest absolute Gasteiger partial charge is 0.0488 e. The molecule has 0 amide bonds. The van der Waals surface area contributed by atoms with Crippen molar-refractivity contribution in [1.29, 1.82) is 0 Å². The van der Waals surface area contributed by atoms with Gasteiger partial charge < -0.3 is 5.73 Å². The van der Waals surface area contributed by atoms with E-state index in [0.717, 1.165) is 6.54 Å². The van der Waals surface area contributed by atoms with Crippen LogP contribution in [0.2, 0.25) is 0 Å². The lowest BCUT2D eigenvalue weighted by atomic mass is 10.00. The molecule has 1 unspecified atom stereocenters. The van der Waals surface area contributed by atoms with Crippen molar-refractivity contribution in [2.75, 3.05) is 20.1 Å². The Morgan fingerprint density at radius 2 is 1.95 bits per heavy atom. The van der Waals surface area contributed by atoms with E-state index >= 15 is 0 Å². The molecular formula is C16H23N3. The molecule has 0 saturated heterocycles. The van der Waals surface area contributed by atoms with Gasteiger partial charge in [-0.1, -0.05) is 38.1 Å². The van der Waals surface area contributed by atoms with Gasteiger partial charge in [-0.05, 0) is 23.9 Å². The number of likely N-dealkylation sites (N-methyl/N-ethyl adjacent to an activating group) is 1. The molecule has 2 N–H and O–H groups in total. The van der Waals surface area contributed by atoms with Crippen molar-refractivity contribution in [3.05, 3.63) is 42.2 Å². The van der Waals surface area contributed by atoms with Crippen molar-refractivity contribution in [2.24, 2.45) is 11.7 Å². The van der Waals surface area contributed by atoms with Crippen LogP contribution in [0, 0.1) is 5.92 Å². The molecule has 3 nitrogen and oxygen atoms in total. The van der Waals surface area contributed by atoms with Crippen molar-refractivity contribution in [2.45, 2.75) is 19.9 Å². The topological polar surface area (TPSA) is 42.1 Å². The molecule has 1 atom stereocenters. The van der Waals surface area contributed by atoms with Gasteiger partial charge in [0.1, 0.15) is 0 Å². The SMILES string of the molecule is CC(C)CN(C)C(CN)c1cncc2ccccc12. The number of hydrogen-bond donors (Lipinski definition) is 1. The quantitative estimate of drug-likeness (QED) is 0.895. The third-order valence-electron chi connectivity index (χ3n) is 3.47. The molecule has 1 heterocycles. The summed E-state index contributed by atoms with van der Waals surface area (Å²) in [5, 5.41) is 2.43. The summed E-state index contributed by atoms with van der Waals surface area (Å²) >= 11 is 0. The van der Waals surface area contributed by atoms with Gasteiger partial charge in [-0.2, -0.15) is 0 Å². The highest BCUT2D eigenvalue weighted by molar-refractivity contribution is 5.85. The van der Waals surface area contributed by atoms with Gasteiger partial charge in [0, 0.05) is 36.9 Å². The molecule has 2 rings (SSSR count). The number of benzene rings is 1. The summed E-state index contributed by atoms with van der Waals surface area (Å²) in [5.41, 5.74) is 7.23. The Morgan fingerprint density at radius 1 is 1.21 bits per heavy atom. The summed E-state index contributed by atoms with van der Waals surface area (Å²) < 4.78 is 0. The second-order valence-electron chi connectivity index (χ2n) is 5.53. The van der Waals surface area contributed by atoms with E-state index in [-0.39, 0.29) is 6.04 Å². The number of aromatic nitrogens is 1. The Morgan fingerprint density at radius 3 is 2.63 bits per heavy atom. The van der Waals surface area contributed by atoms with E-state index < -0.39 is 0 Å². The normalized spacial score (nSPS) is 13.4. The summed E-state index contributed by atoms with van der Waals surface area (Å²) in [6.07, 6.45) is 3.87. The van der Waals surface area contributed by atoms with Gasteiger partial charge in [-0.25, -0.2) is 0 Å². The van der Waals surface area contributed by atoms with E-state index in [0.29, 0.717) is 12.5 Å². The van der Waals surface area contributed by atoms with Gasteiger partial charge in [0.2, 0.25) is 0 Å². The fourth-order valence-corrected chi connectivity index (χ4v) is 2.65. The Bertz CT molecular complexity index is 531. The van der Waals surface area contributed by atoms with Crippen LogP contribution in [0.25, 0.3) is 10.8 Å². The van der Waals surface area contributed by atoms with Crippen molar-refractivity contribution in [3.8, 4) is 0 Å². The summed E-state index contributed by atoms with van der Waals surface area (Å²) in [4.78, 5) is 6.69. The highest BCUT2D eigenvalue weighted by atomic mass is 15.1. The maximum absolute atomic E-state index is 6.00. The van der Waals surface area contributed by atoms with Crippen molar-refractivity contribution in [3.63, 3.8) is 0 Å². The second-order valence-corrected chi connectivity index (χ2v) is 5.53. The molecule has 0 saturated carbocycles. The monoisotopic (exact) mass is 257 g/mol. The molecule has 0 spiro atoms. The average Bonchev–Trinajstić information content (AvgIpc) is 2.39.